The molecule has 0 radical (unpaired) electrons. The zero-order chi connectivity index (χ0) is 19.7. The van der Waals surface area contributed by atoms with Crippen molar-refractivity contribution < 1.29 is 8.78 Å². The van der Waals surface area contributed by atoms with Crippen LogP contribution >= 0.6 is 11.6 Å². The standard InChI is InChI=1S/C22H26ClF2N/c1-6-9-16(10-7-2)18(12-15(4)5)22(26-11-8-3)21-19(24)13-17(23)14-20(21)25/h6-11,13-15,26H,1,12H2,2-5H3/b10-7-,11-8+,16-9+,22-18+. The van der Waals surface area contributed by atoms with Gasteiger partial charge in [-0.05, 0) is 55.7 Å². The maximum atomic E-state index is 14.6. The molecular weight excluding hydrogens is 352 g/mol. The molecule has 0 amide bonds. The van der Waals surface area contributed by atoms with Gasteiger partial charge in [-0.25, -0.2) is 8.78 Å². The van der Waals surface area contributed by atoms with Gasteiger partial charge in [0.2, 0.25) is 0 Å². The summed E-state index contributed by atoms with van der Waals surface area (Å²) in [5.74, 6) is -1.13. The van der Waals surface area contributed by atoms with Crippen LogP contribution in [0, 0.1) is 17.6 Å². The lowest BCUT2D eigenvalue weighted by Gasteiger charge is -2.20. The van der Waals surface area contributed by atoms with E-state index in [1.54, 1.807) is 18.4 Å². The van der Waals surface area contributed by atoms with Crippen LogP contribution in [-0.2, 0) is 0 Å². The van der Waals surface area contributed by atoms with Crippen LogP contribution in [0.2, 0.25) is 5.02 Å². The second kappa shape index (κ2) is 10.8. The van der Waals surface area contributed by atoms with Gasteiger partial charge in [-0.1, -0.05) is 62.4 Å². The lowest BCUT2D eigenvalue weighted by atomic mass is 9.91. The summed E-state index contributed by atoms with van der Waals surface area (Å²) in [7, 11) is 0. The zero-order valence-corrected chi connectivity index (χ0v) is 16.5. The van der Waals surface area contributed by atoms with E-state index in [0.717, 1.165) is 23.3 Å². The molecule has 1 rings (SSSR count). The average molecular weight is 378 g/mol. The number of rotatable bonds is 8. The largest absolute Gasteiger partial charge is 0.361 e. The summed E-state index contributed by atoms with van der Waals surface area (Å²) in [6, 6.07) is 2.24. The summed E-state index contributed by atoms with van der Waals surface area (Å²) < 4.78 is 29.3. The van der Waals surface area contributed by atoms with E-state index in [4.69, 9.17) is 11.6 Å². The molecule has 26 heavy (non-hydrogen) atoms. The zero-order valence-electron chi connectivity index (χ0n) is 15.7. The minimum atomic E-state index is -0.707. The Bertz CT molecular complexity index is 732. The van der Waals surface area contributed by atoms with Gasteiger partial charge in [-0.3, -0.25) is 0 Å². The van der Waals surface area contributed by atoms with Gasteiger partial charge in [0.15, 0.2) is 0 Å². The number of allylic oxidation sites excluding steroid dienone is 7. The molecule has 0 spiro atoms. The summed E-state index contributed by atoms with van der Waals surface area (Å²) in [5.41, 5.74) is 1.91. The predicted molar refractivity (Wildman–Crippen MR) is 109 cm³/mol. The van der Waals surface area contributed by atoms with Crippen LogP contribution in [0.15, 0.2) is 66.4 Å². The summed E-state index contributed by atoms with van der Waals surface area (Å²) >= 11 is 5.79. The Morgan fingerprint density at radius 1 is 1.19 bits per heavy atom. The number of nitrogens with one attached hydrogen (secondary N) is 1. The third-order valence-corrected chi connectivity index (χ3v) is 3.78. The topological polar surface area (TPSA) is 12.0 Å². The van der Waals surface area contributed by atoms with Crippen molar-refractivity contribution in [3.05, 3.63) is 88.7 Å². The monoisotopic (exact) mass is 377 g/mol. The van der Waals surface area contributed by atoms with Crippen molar-refractivity contribution in [2.45, 2.75) is 34.1 Å². The van der Waals surface area contributed by atoms with Gasteiger partial charge in [0.05, 0.1) is 11.3 Å². The summed E-state index contributed by atoms with van der Waals surface area (Å²) in [4.78, 5) is 0. The van der Waals surface area contributed by atoms with E-state index in [-0.39, 0.29) is 16.5 Å². The van der Waals surface area contributed by atoms with Crippen LogP contribution in [0.5, 0.6) is 0 Å². The number of halogens is 3. The lowest BCUT2D eigenvalue weighted by Crippen LogP contribution is -2.13. The molecule has 140 valence electrons. The molecule has 1 N–H and O–H groups in total. The molecule has 0 saturated heterocycles. The first-order valence-corrected chi connectivity index (χ1v) is 8.95. The van der Waals surface area contributed by atoms with Crippen molar-refractivity contribution in [1.82, 2.24) is 5.32 Å². The van der Waals surface area contributed by atoms with Crippen LogP contribution in [0.3, 0.4) is 0 Å². The Hall–Kier alpha value is -2.13. The minimum absolute atomic E-state index is 0.0230. The fraction of sp³-hybridized carbons (Fsp3) is 0.273. The number of hydrogen-bond acceptors (Lipinski definition) is 1. The molecule has 0 bridgehead atoms. The highest BCUT2D eigenvalue weighted by atomic mass is 35.5. The molecule has 0 atom stereocenters. The van der Waals surface area contributed by atoms with E-state index in [2.05, 4.69) is 25.7 Å². The van der Waals surface area contributed by atoms with E-state index in [1.165, 1.54) is 0 Å². The highest BCUT2D eigenvalue weighted by molar-refractivity contribution is 6.30. The highest BCUT2D eigenvalue weighted by Crippen LogP contribution is 2.32. The van der Waals surface area contributed by atoms with Gasteiger partial charge in [0.1, 0.15) is 11.6 Å². The Morgan fingerprint density at radius 2 is 1.81 bits per heavy atom. The molecule has 4 heteroatoms. The lowest BCUT2D eigenvalue weighted by molar-refractivity contribution is 0.574. The molecule has 0 aliphatic heterocycles. The van der Waals surface area contributed by atoms with Crippen LogP contribution < -0.4 is 5.32 Å². The number of benzene rings is 1. The van der Waals surface area contributed by atoms with E-state index < -0.39 is 11.6 Å². The second-order valence-electron chi connectivity index (χ2n) is 6.20. The van der Waals surface area contributed by atoms with Gasteiger partial charge in [0.25, 0.3) is 0 Å². The molecule has 0 unspecified atom stereocenters. The van der Waals surface area contributed by atoms with Crippen molar-refractivity contribution in [3.63, 3.8) is 0 Å². The highest BCUT2D eigenvalue weighted by Gasteiger charge is 2.20. The average Bonchev–Trinajstić information content (AvgIpc) is 2.54. The molecule has 0 aliphatic rings. The summed E-state index contributed by atoms with van der Waals surface area (Å²) in [6.45, 7) is 11.6. The van der Waals surface area contributed by atoms with Gasteiger partial charge < -0.3 is 5.32 Å². The van der Waals surface area contributed by atoms with E-state index in [1.807, 2.05) is 32.1 Å². The smallest absolute Gasteiger partial charge is 0.136 e. The molecular formula is C22H26ClF2N. The molecule has 0 saturated carbocycles. The Balaban J connectivity index is 3.86. The van der Waals surface area contributed by atoms with Crippen molar-refractivity contribution >= 4 is 17.3 Å². The van der Waals surface area contributed by atoms with Crippen LogP contribution in [0.1, 0.15) is 39.7 Å². The van der Waals surface area contributed by atoms with E-state index in [0.29, 0.717) is 12.1 Å². The normalized spacial score (nSPS) is 13.6. The molecule has 1 nitrogen and oxygen atoms in total. The van der Waals surface area contributed by atoms with Gasteiger partial charge in [-0.15, -0.1) is 0 Å². The van der Waals surface area contributed by atoms with E-state index >= 15 is 0 Å². The maximum absolute atomic E-state index is 14.6. The van der Waals surface area contributed by atoms with Crippen molar-refractivity contribution in [2.75, 3.05) is 0 Å². The molecule has 1 aromatic carbocycles. The van der Waals surface area contributed by atoms with Crippen molar-refractivity contribution in [3.8, 4) is 0 Å². The molecule has 0 aliphatic carbocycles. The maximum Gasteiger partial charge on any atom is 0.136 e. The van der Waals surface area contributed by atoms with Gasteiger partial charge >= 0.3 is 0 Å². The molecule has 0 fully saturated rings. The van der Waals surface area contributed by atoms with E-state index in [9.17, 15) is 8.78 Å². The Labute approximate surface area is 160 Å². The van der Waals surface area contributed by atoms with Crippen LogP contribution in [0.25, 0.3) is 5.70 Å². The second-order valence-corrected chi connectivity index (χ2v) is 6.63. The minimum Gasteiger partial charge on any atom is -0.361 e. The molecule has 1 aromatic rings. The first-order valence-electron chi connectivity index (χ1n) is 8.57. The molecule has 0 aromatic heterocycles. The number of hydrogen-bond donors (Lipinski definition) is 1. The van der Waals surface area contributed by atoms with Gasteiger partial charge in [0, 0.05) is 5.02 Å². The van der Waals surface area contributed by atoms with Crippen LogP contribution in [0.4, 0.5) is 8.78 Å². The SMILES string of the molecule is C=C/C=C(\C=C/C)C(/CC(C)C)=C(/N/C=C/C)c1c(F)cc(Cl)cc1F. The third kappa shape index (κ3) is 5.99. The fourth-order valence-electron chi connectivity index (χ4n) is 2.59. The van der Waals surface area contributed by atoms with Crippen molar-refractivity contribution in [2.24, 2.45) is 5.92 Å². The molecule has 0 heterocycles. The predicted octanol–water partition coefficient (Wildman–Crippen LogP) is 7.19. The fourth-order valence-corrected chi connectivity index (χ4v) is 2.79. The Kier molecular flexibility index (Phi) is 9.08. The van der Waals surface area contributed by atoms with Crippen LogP contribution in [-0.4, -0.2) is 0 Å². The Morgan fingerprint density at radius 3 is 2.27 bits per heavy atom. The quantitative estimate of drug-likeness (QED) is 0.473. The first kappa shape index (κ1) is 21.9. The first-order chi connectivity index (χ1) is 12.3. The third-order valence-electron chi connectivity index (χ3n) is 3.56. The summed E-state index contributed by atoms with van der Waals surface area (Å²) in [5, 5.41) is 3.08. The van der Waals surface area contributed by atoms with Gasteiger partial charge in [-0.2, -0.15) is 0 Å². The van der Waals surface area contributed by atoms with Crippen molar-refractivity contribution in [1.29, 1.82) is 0 Å². The summed E-state index contributed by atoms with van der Waals surface area (Å²) in [6.07, 6.45) is 11.3.